The van der Waals surface area contributed by atoms with Gasteiger partial charge in [-0.15, -0.1) is 0 Å². The molecule has 2 saturated carbocycles. The summed E-state index contributed by atoms with van der Waals surface area (Å²) in [6.45, 7) is 5.43. The summed E-state index contributed by atoms with van der Waals surface area (Å²) in [6.07, 6.45) is 8.76. The van der Waals surface area contributed by atoms with Gasteiger partial charge >= 0.3 is 5.76 Å². The van der Waals surface area contributed by atoms with Gasteiger partial charge in [-0.3, -0.25) is 9.51 Å². The van der Waals surface area contributed by atoms with Crippen molar-refractivity contribution in [3.05, 3.63) is 15.3 Å². The molecule has 2 aliphatic carbocycles. The minimum absolute atomic E-state index is 0.207. The number of hydrogen-bond acceptors (Lipinski definition) is 7. The zero-order valence-corrected chi connectivity index (χ0v) is 19.5. The second kappa shape index (κ2) is 8.37. The van der Waals surface area contributed by atoms with Gasteiger partial charge in [0.15, 0.2) is 16.2 Å². The Bertz CT molecular complexity index is 1120. The molecule has 0 aromatic carbocycles. The van der Waals surface area contributed by atoms with Crippen LogP contribution in [0.15, 0.2) is 14.1 Å². The molecule has 3 aromatic rings. The Hall–Kier alpha value is -2.23. The van der Waals surface area contributed by atoms with Crippen molar-refractivity contribution >= 4 is 32.9 Å². The number of imidazole rings is 1. The summed E-state index contributed by atoms with van der Waals surface area (Å²) in [7, 11) is 0. The minimum atomic E-state index is -0.630. The molecule has 0 bridgehead atoms. The monoisotopic (exact) mass is 489 g/mol. The van der Waals surface area contributed by atoms with Gasteiger partial charge in [0.05, 0.1) is 0 Å². The Balaban J connectivity index is 1.55. The standard InChI is InChI=1S/C21H28BrN7O2/c1-11-6-8-13(9-7-11)10-29-15-16(23-12(2)14-4-3-5-14)24-18(19-27-21(30)31-28-19)25-17(15)26-20(29)22/h11-14H,3-10H2,1-2H3,(H,23,24,25)(H,27,28,30)/t11?,12-,13?/m1/s1. The largest absolute Gasteiger partial charge is 0.439 e. The molecule has 0 aliphatic heterocycles. The van der Waals surface area contributed by atoms with Gasteiger partial charge in [0.1, 0.15) is 5.52 Å². The van der Waals surface area contributed by atoms with Gasteiger partial charge in [-0.25, -0.2) is 19.7 Å². The van der Waals surface area contributed by atoms with Gasteiger partial charge in [-0.1, -0.05) is 31.3 Å². The first-order valence-electron chi connectivity index (χ1n) is 11.2. The predicted octanol–water partition coefficient (Wildman–Crippen LogP) is 4.36. The van der Waals surface area contributed by atoms with Crippen molar-refractivity contribution in [3.63, 3.8) is 0 Å². The van der Waals surface area contributed by atoms with E-state index in [9.17, 15) is 4.79 Å². The molecule has 0 radical (unpaired) electrons. The van der Waals surface area contributed by atoms with Crippen molar-refractivity contribution in [3.8, 4) is 11.6 Å². The normalized spacial score (nSPS) is 23.1. The Labute approximate surface area is 188 Å². The smallest absolute Gasteiger partial charge is 0.365 e. The molecule has 2 aliphatic rings. The fraction of sp³-hybridized carbons (Fsp3) is 0.667. The van der Waals surface area contributed by atoms with E-state index in [0.29, 0.717) is 23.3 Å². The van der Waals surface area contributed by atoms with Crippen LogP contribution < -0.4 is 11.1 Å². The van der Waals surface area contributed by atoms with Crippen LogP contribution in [-0.2, 0) is 6.54 Å². The number of anilines is 1. The highest BCUT2D eigenvalue weighted by Gasteiger charge is 2.28. The lowest BCUT2D eigenvalue weighted by Gasteiger charge is -2.32. The second-order valence-corrected chi connectivity index (χ2v) is 9.96. The van der Waals surface area contributed by atoms with E-state index in [0.717, 1.165) is 28.5 Å². The lowest BCUT2D eigenvalue weighted by atomic mass is 9.80. The molecule has 2 fully saturated rings. The summed E-state index contributed by atoms with van der Waals surface area (Å²) >= 11 is 3.65. The molecule has 0 spiro atoms. The van der Waals surface area contributed by atoms with Crippen LogP contribution in [0.2, 0.25) is 0 Å². The van der Waals surface area contributed by atoms with Gasteiger partial charge in [-0.2, -0.15) is 0 Å². The van der Waals surface area contributed by atoms with Crippen LogP contribution in [0.5, 0.6) is 0 Å². The van der Waals surface area contributed by atoms with Crippen LogP contribution in [0.1, 0.15) is 58.8 Å². The third-order valence-electron chi connectivity index (χ3n) is 7.01. The molecule has 10 heteroatoms. The molecule has 31 heavy (non-hydrogen) atoms. The highest BCUT2D eigenvalue weighted by molar-refractivity contribution is 9.10. The molecule has 9 nitrogen and oxygen atoms in total. The van der Waals surface area contributed by atoms with Crippen LogP contribution in [0.4, 0.5) is 5.82 Å². The summed E-state index contributed by atoms with van der Waals surface area (Å²) in [5, 5.41) is 7.38. The molecule has 5 rings (SSSR count). The highest BCUT2D eigenvalue weighted by atomic mass is 79.9. The Kier molecular flexibility index (Phi) is 5.58. The van der Waals surface area contributed by atoms with E-state index in [4.69, 9.17) is 4.98 Å². The van der Waals surface area contributed by atoms with Crippen molar-refractivity contribution in [2.75, 3.05) is 5.32 Å². The SMILES string of the molecule is CC1CCC(Cn2c(Br)nc3nc(-c4noc(=O)[nH]4)nc(N[C@H](C)C4CCC4)c32)CC1. The van der Waals surface area contributed by atoms with Crippen molar-refractivity contribution < 1.29 is 4.52 Å². The van der Waals surface area contributed by atoms with Crippen molar-refractivity contribution in [1.29, 1.82) is 0 Å². The number of fused-ring (bicyclic) bond motifs is 1. The molecular formula is C21H28BrN7O2. The Morgan fingerprint density at radius 1 is 1.19 bits per heavy atom. The maximum absolute atomic E-state index is 11.4. The van der Waals surface area contributed by atoms with E-state index in [1.54, 1.807) is 0 Å². The van der Waals surface area contributed by atoms with E-state index in [1.165, 1.54) is 44.9 Å². The van der Waals surface area contributed by atoms with E-state index in [2.05, 4.69) is 64.3 Å². The van der Waals surface area contributed by atoms with Gasteiger partial charge in [-0.05, 0) is 66.3 Å². The predicted molar refractivity (Wildman–Crippen MR) is 121 cm³/mol. The Morgan fingerprint density at radius 3 is 2.61 bits per heavy atom. The summed E-state index contributed by atoms with van der Waals surface area (Å²) in [6, 6.07) is 0.286. The number of aromatic nitrogens is 6. The third kappa shape index (κ3) is 4.14. The van der Waals surface area contributed by atoms with Gasteiger partial charge < -0.3 is 9.88 Å². The zero-order chi connectivity index (χ0) is 21.5. The second-order valence-electron chi connectivity index (χ2n) is 9.25. The highest BCUT2D eigenvalue weighted by Crippen LogP contribution is 2.35. The Morgan fingerprint density at radius 2 is 1.97 bits per heavy atom. The number of aromatic amines is 1. The van der Waals surface area contributed by atoms with E-state index < -0.39 is 5.76 Å². The molecule has 166 valence electrons. The van der Waals surface area contributed by atoms with Crippen molar-refractivity contribution in [1.82, 2.24) is 29.7 Å². The molecule has 2 N–H and O–H groups in total. The first kappa shape index (κ1) is 20.7. The summed E-state index contributed by atoms with van der Waals surface area (Å²) in [5.74, 6) is 2.67. The molecule has 3 heterocycles. The first-order chi connectivity index (χ1) is 15.0. The number of nitrogens with zero attached hydrogens (tertiary/aromatic N) is 5. The molecule has 0 unspecified atom stereocenters. The number of halogens is 1. The fourth-order valence-corrected chi connectivity index (χ4v) is 5.24. The maximum Gasteiger partial charge on any atom is 0.439 e. The van der Waals surface area contributed by atoms with E-state index in [1.807, 2.05) is 0 Å². The van der Waals surface area contributed by atoms with Gasteiger partial charge in [0, 0.05) is 12.6 Å². The van der Waals surface area contributed by atoms with Gasteiger partial charge in [0.25, 0.3) is 0 Å². The van der Waals surface area contributed by atoms with E-state index in [-0.39, 0.29) is 11.9 Å². The van der Waals surface area contributed by atoms with Crippen LogP contribution in [0, 0.1) is 17.8 Å². The zero-order valence-electron chi connectivity index (χ0n) is 17.9. The summed E-state index contributed by atoms with van der Waals surface area (Å²) in [4.78, 5) is 28.0. The van der Waals surface area contributed by atoms with Crippen LogP contribution >= 0.6 is 15.9 Å². The molecular weight excluding hydrogens is 462 g/mol. The fourth-order valence-electron chi connectivity index (χ4n) is 4.75. The van der Waals surface area contributed by atoms with Gasteiger partial charge in [0.2, 0.25) is 11.6 Å². The minimum Gasteiger partial charge on any atom is -0.365 e. The molecule has 3 aromatic heterocycles. The molecule has 1 atom stereocenters. The topological polar surface area (TPSA) is 115 Å². The first-order valence-corrected chi connectivity index (χ1v) is 12.0. The average Bonchev–Trinajstić information content (AvgIpc) is 3.25. The number of hydrogen-bond donors (Lipinski definition) is 2. The third-order valence-corrected chi connectivity index (χ3v) is 7.61. The average molecular weight is 490 g/mol. The van der Waals surface area contributed by atoms with Crippen LogP contribution in [0.3, 0.4) is 0 Å². The van der Waals surface area contributed by atoms with Crippen molar-refractivity contribution in [2.45, 2.75) is 71.4 Å². The lowest BCUT2D eigenvalue weighted by Crippen LogP contribution is -2.31. The lowest BCUT2D eigenvalue weighted by molar-refractivity contribution is 0.265. The van der Waals surface area contributed by atoms with Crippen molar-refractivity contribution in [2.24, 2.45) is 17.8 Å². The number of rotatable bonds is 6. The summed E-state index contributed by atoms with van der Waals surface area (Å²) in [5.41, 5.74) is 1.47. The quantitative estimate of drug-likeness (QED) is 0.494. The number of nitrogens with one attached hydrogen (secondary N) is 2. The summed E-state index contributed by atoms with van der Waals surface area (Å²) < 4.78 is 7.60. The van der Waals surface area contributed by atoms with Crippen LogP contribution in [-0.4, -0.2) is 35.7 Å². The van der Waals surface area contributed by atoms with E-state index >= 15 is 0 Å². The molecule has 0 amide bonds. The molecule has 0 saturated heterocycles. The number of H-pyrrole nitrogens is 1. The maximum atomic E-state index is 11.4. The van der Waals surface area contributed by atoms with Crippen LogP contribution in [0.25, 0.3) is 22.8 Å².